The van der Waals surface area contributed by atoms with Gasteiger partial charge in [0.25, 0.3) is 5.91 Å². The van der Waals surface area contributed by atoms with Crippen molar-refractivity contribution in [2.75, 3.05) is 26.7 Å². The fraction of sp³-hybridized carbons (Fsp3) is 0.552. The molecule has 4 fully saturated rings. The SMILES string of the molecule is CC1C2CC(N3CC[N+](C)(C(=O)c4nn5c(c4Cl)C=C(C4CC4)CC5c4cccc(F)c4)CC3=O)C(O)C12. The second kappa shape index (κ2) is 8.47. The number of amides is 2. The molecule has 1 aromatic heterocycles. The number of aliphatic hydroxyl groups is 1. The van der Waals surface area contributed by atoms with Crippen LogP contribution in [0.4, 0.5) is 4.39 Å². The van der Waals surface area contributed by atoms with Gasteiger partial charge in [-0.15, -0.1) is 0 Å². The number of benzene rings is 1. The van der Waals surface area contributed by atoms with Gasteiger partial charge in [0.2, 0.25) is 5.69 Å². The Balaban J connectivity index is 1.17. The maximum Gasteiger partial charge on any atom is 0.368 e. The molecule has 2 amide bonds. The van der Waals surface area contributed by atoms with Crippen LogP contribution in [0.3, 0.4) is 0 Å². The molecule has 0 radical (unpaired) electrons. The number of piperazine rings is 1. The van der Waals surface area contributed by atoms with E-state index in [-0.39, 0.29) is 46.4 Å². The summed E-state index contributed by atoms with van der Waals surface area (Å²) in [4.78, 5) is 29.0. The van der Waals surface area contributed by atoms with E-state index in [0.717, 1.165) is 24.8 Å². The molecule has 7 unspecified atom stereocenters. The molecule has 7 rings (SSSR count). The summed E-state index contributed by atoms with van der Waals surface area (Å²) in [6.07, 6.45) is 5.37. The molecule has 1 N–H and O–H groups in total. The standard InChI is InChI=1S/C29H33ClFN4O3/c1-15-20-13-23(28(37)25(15)20)33-8-9-35(2,14-24(33)36)29(38)27-26(30)22-12-18(16-6-7-16)11-21(34(22)32-27)17-4-3-5-19(31)10-17/h3-5,10,12,15-16,20-21,23,25,28,37H,6-9,11,13-14H2,1-2H3/q+1. The Labute approximate surface area is 226 Å². The first-order chi connectivity index (χ1) is 18.2. The highest BCUT2D eigenvalue weighted by molar-refractivity contribution is 6.34. The number of aromatic nitrogens is 2. The van der Waals surface area contributed by atoms with Crippen LogP contribution in [0.15, 0.2) is 29.8 Å². The van der Waals surface area contributed by atoms with E-state index >= 15 is 0 Å². The Kier molecular flexibility index (Phi) is 5.46. The van der Waals surface area contributed by atoms with Gasteiger partial charge in [0.15, 0.2) is 6.54 Å². The van der Waals surface area contributed by atoms with Crippen LogP contribution < -0.4 is 0 Å². The number of quaternary nitrogens is 1. The maximum atomic E-state index is 14.1. The third-order valence-corrected chi connectivity index (χ3v) is 10.3. The first-order valence-corrected chi connectivity index (χ1v) is 14.1. The monoisotopic (exact) mass is 539 g/mol. The van der Waals surface area contributed by atoms with Gasteiger partial charge in [0, 0.05) is 0 Å². The van der Waals surface area contributed by atoms with Crippen LogP contribution in [0.5, 0.6) is 0 Å². The van der Waals surface area contributed by atoms with Crippen molar-refractivity contribution in [2.24, 2.45) is 23.7 Å². The normalized spacial score (nSPS) is 36.1. The third-order valence-electron chi connectivity index (χ3n) is 9.94. The zero-order chi connectivity index (χ0) is 26.5. The molecule has 38 heavy (non-hydrogen) atoms. The predicted octanol–water partition coefficient (Wildman–Crippen LogP) is 3.91. The molecule has 2 aliphatic heterocycles. The van der Waals surface area contributed by atoms with Crippen molar-refractivity contribution in [1.82, 2.24) is 14.7 Å². The summed E-state index contributed by atoms with van der Waals surface area (Å²) in [6, 6.07) is 6.12. The van der Waals surface area contributed by atoms with Crippen LogP contribution in [0.2, 0.25) is 5.02 Å². The summed E-state index contributed by atoms with van der Waals surface area (Å²) < 4.78 is 15.8. The second-order valence-corrected chi connectivity index (χ2v) is 12.7. The van der Waals surface area contributed by atoms with E-state index in [1.54, 1.807) is 22.7 Å². The highest BCUT2D eigenvalue weighted by atomic mass is 35.5. The van der Waals surface area contributed by atoms with Crippen LogP contribution in [0.25, 0.3) is 6.08 Å². The lowest BCUT2D eigenvalue weighted by Crippen LogP contribution is -2.65. The number of hydrogen-bond donors (Lipinski definition) is 1. The molecule has 3 heterocycles. The van der Waals surface area contributed by atoms with Crippen molar-refractivity contribution < 1.29 is 23.6 Å². The molecular formula is C29H33ClFN4O3+. The quantitative estimate of drug-likeness (QED) is 0.598. The molecule has 9 heteroatoms. The zero-order valence-electron chi connectivity index (χ0n) is 21.7. The van der Waals surface area contributed by atoms with Crippen molar-refractivity contribution in [3.63, 3.8) is 0 Å². The van der Waals surface area contributed by atoms with Crippen molar-refractivity contribution in [3.8, 4) is 0 Å². The zero-order valence-corrected chi connectivity index (χ0v) is 22.4. The van der Waals surface area contributed by atoms with Gasteiger partial charge in [0.05, 0.1) is 37.5 Å². The lowest BCUT2D eigenvalue weighted by molar-refractivity contribution is -0.824. The average molecular weight is 540 g/mol. The smallest absolute Gasteiger partial charge is 0.368 e. The van der Waals surface area contributed by atoms with Crippen molar-refractivity contribution in [2.45, 2.75) is 50.8 Å². The molecule has 0 bridgehead atoms. The number of aliphatic hydroxyl groups excluding tert-OH is 1. The molecule has 3 aliphatic carbocycles. The fourth-order valence-electron chi connectivity index (χ4n) is 7.39. The van der Waals surface area contributed by atoms with E-state index in [0.29, 0.717) is 53.9 Å². The van der Waals surface area contributed by atoms with Gasteiger partial charge in [0.1, 0.15) is 17.4 Å². The molecule has 7 nitrogen and oxygen atoms in total. The molecule has 3 saturated carbocycles. The number of carbonyl (C=O) groups is 2. The Morgan fingerprint density at radius 3 is 2.74 bits per heavy atom. The fourth-order valence-corrected chi connectivity index (χ4v) is 7.65. The van der Waals surface area contributed by atoms with Crippen molar-refractivity contribution in [3.05, 3.63) is 57.6 Å². The topological polar surface area (TPSA) is 75.4 Å². The number of halogens is 2. The Morgan fingerprint density at radius 1 is 1.29 bits per heavy atom. The number of likely N-dealkylation sites (N-methyl/N-ethyl adjacent to an activating group) is 1. The van der Waals surface area contributed by atoms with Crippen LogP contribution in [0, 0.1) is 29.5 Å². The maximum absolute atomic E-state index is 14.1. The highest BCUT2D eigenvalue weighted by Crippen LogP contribution is 2.58. The lowest BCUT2D eigenvalue weighted by atomic mass is 9.92. The van der Waals surface area contributed by atoms with Crippen molar-refractivity contribution >= 4 is 29.5 Å². The highest BCUT2D eigenvalue weighted by Gasteiger charge is 2.61. The summed E-state index contributed by atoms with van der Waals surface area (Å²) >= 11 is 6.85. The number of carbonyl (C=O) groups excluding carboxylic acids is 2. The van der Waals surface area contributed by atoms with E-state index in [2.05, 4.69) is 13.0 Å². The van der Waals surface area contributed by atoms with Gasteiger partial charge in [-0.05, 0) is 73.1 Å². The van der Waals surface area contributed by atoms with Gasteiger partial charge >= 0.3 is 5.91 Å². The Hall–Kier alpha value is -2.55. The van der Waals surface area contributed by atoms with Gasteiger partial charge in [-0.2, -0.15) is 5.10 Å². The molecule has 1 saturated heterocycles. The van der Waals surface area contributed by atoms with E-state index in [1.165, 1.54) is 17.7 Å². The van der Waals surface area contributed by atoms with E-state index in [4.69, 9.17) is 16.7 Å². The summed E-state index contributed by atoms with van der Waals surface area (Å²) in [5.41, 5.74) is 2.90. The number of fused-ring (bicyclic) bond motifs is 2. The van der Waals surface area contributed by atoms with E-state index < -0.39 is 6.10 Å². The van der Waals surface area contributed by atoms with Gasteiger partial charge in [-0.25, -0.2) is 13.7 Å². The van der Waals surface area contributed by atoms with Crippen LogP contribution in [-0.2, 0) is 4.79 Å². The molecule has 5 aliphatic rings. The Bertz CT molecular complexity index is 1390. The van der Waals surface area contributed by atoms with Gasteiger partial charge in [-0.1, -0.05) is 36.2 Å². The summed E-state index contributed by atoms with van der Waals surface area (Å²) in [7, 11) is 1.77. The number of rotatable bonds is 4. The van der Waals surface area contributed by atoms with Crippen LogP contribution >= 0.6 is 11.6 Å². The minimum Gasteiger partial charge on any atom is -0.391 e. The molecular weight excluding hydrogens is 507 g/mol. The second-order valence-electron chi connectivity index (χ2n) is 12.3. The first kappa shape index (κ1) is 24.5. The molecule has 2 aromatic rings. The largest absolute Gasteiger partial charge is 0.391 e. The van der Waals surface area contributed by atoms with Crippen LogP contribution in [-0.4, -0.2) is 74.9 Å². The molecule has 7 atom stereocenters. The Morgan fingerprint density at radius 2 is 2.08 bits per heavy atom. The minimum absolute atomic E-state index is 0.0158. The lowest BCUT2D eigenvalue weighted by Gasteiger charge is -2.42. The number of allylic oxidation sites excluding steroid dienone is 1. The predicted molar refractivity (Wildman–Crippen MR) is 140 cm³/mol. The first-order valence-electron chi connectivity index (χ1n) is 13.8. The van der Waals surface area contributed by atoms with Crippen LogP contribution in [0.1, 0.15) is 60.4 Å². The third kappa shape index (κ3) is 3.71. The molecule has 0 spiro atoms. The summed E-state index contributed by atoms with van der Waals surface area (Å²) in [6.45, 7) is 3.03. The summed E-state index contributed by atoms with van der Waals surface area (Å²) in [5.74, 6) is 1.12. The summed E-state index contributed by atoms with van der Waals surface area (Å²) in [5, 5.41) is 15.8. The molecule has 1 aromatic carbocycles. The minimum atomic E-state index is -0.479. The number of nitrogens with zero attached hydrogens (tertiary/aromatic N) is 4. The van der Waals surface area contributed by atoms with E-state index in [1.807, 2.05) is 6.07 Å². The number of hydrogen-bond acceptors (Lipinski definition) is 4. The molecule has 200 valence electrons. The van der Waals surface area contributed by atoms with Gasteiger partial charge in [-0.3, -0.25) is 9.48 Å². The van der Waals surface area contributed by atoms with Crippen molar-refractivity contribution in [1.29, 1.82) is 0 Å². The average Bonchev–Trinajstić information content (AvgIpc) is 3.78. The van der Waals surface area contributed by atoms with Gasteiger partial charge < -0.3 is 10.0 Å². The van der Waals surface area contributed by atoms with E-state index in [9.17, 15) is 19.1 Å².